The molecule has 2 amide bonds. The van der Waals surface area contributed by atoms with Crippen molar-refractivity contribution in [2.45, 2.75) is 47.0 Å². The second-order valence-electron chi connectivity index (χ2n) is 11.7. The first kappa shape index (κ1) is 30.7. The third kappa shape index (κ3) is 7.85. The zero-order valence-corrected chi connectivity index (χ0v) is 24.8. The maximum absolute atomic E-state index is 14.8. The highest BCUT2D eigenvalue weighted by molar-refractivity contribution is 7.92. The summed E-state index contributed by atoms with van der Waals surface area (Å²) in [5, 5.41) is 6.82. The summed E-state index contributed by atoms with van der Waals surface area (Å²) in [6, 6.07) is 7.12. The molecule has 1 heterocycles. The number of nitrogens with zero attached hydrogens (tertiary/aromatic N) is 1. The average Bonchev–Trinajstić information content (AvgIpc) is 3.30. The van der Waals surface area contributed by atoms with Gasteiger partial charge in [-0.3, -0.25) is 24.7 Å². The summed E-state index contributed by atoms with van der Waals surface area (Å²) in [5.41, 5.74) is 6.32. The van der Waals surface area contributed by atoms with Crippen molar-refractivity contribution in [3.63, 3.8) is 0 Å². The Balaban J connectivity index is 1.91. The molecule has 0 radical (unpaired) electrons. The molecule has 0 saturated heterocycles. The number of nitrogens with one attached hydrogen (secondary N) is 5. The van der Waals surface area contributed by atoms with Gasteiger partial charge >= 0.3 is 0 Å². The monoisotopic (exact) mass is 576 g/mol. The van der Waals surface area contributed by atoms with Crippen LogP contribution >= 0.6 is 0 Å². The van der Waals surface area contributed by atoms with Gasteiger partial charge in [0.25, 0.3) is 11.8 Å². The molecule has 0 fully saturated rings. The van der Waals surface area contributed by atoms with E-state index in [1.54, 1.807) is 12.1 Å². The van der Waals surface area contributed by atoms with Gasteiger partial charge in [0, 0.05) is 12.1 Å². The Labute approximate surface area is 234 Å². The SMILES string of the molecule is COc1c(NC(=O)c2ccc(F)c(N3C=C(C(=O)NCC(C)(C)C)NN3)c2)cc(C(C)(C)C)cc1NS(C)(=O)=O. The minimum absolute atomic E-state index is 0.00592. The molecule has 218 valence electrons. The third-order valence-electron chi connectivity index (χ3n) is 5.76. The number of sulfonamides is 1. The van der Waals surface area contributed by atoms with Crippen LogP contribution in [0.2, 0.25) is 0 Å². The maximum Gasteiger partial charge on any atom is 0.270 e. The van der Waals surface area contributed by atoms with Crippen molar-refractivity contribution >= 4 is 38.9 Å². The molecular weight excluding hydrogens is 539 g/mol. The van der Waals surface area contributed by atoms with Crippen LogP contribution in [0.3, 0.4) is 0 Å². The summed E-state index contributed by atoms with van der Waals surface area (Å²) in [6.45, 7) is 12.2. The molecule has 0 spiro atoms. The summed E-state index contributed by atoms with van der Waals surface area (Å²) in [5.74, 6) is -1.47. The minimum Gasteiger partial charge on any atom is -0.492 e. The van der Waals surface area contributed by atoms with E-state index in [2.05, 4.69) is 26.3 Å². The molecule has 5 N–H and O–H groups in total. The topological polar surface area (TPSA) is 141 Å². The van der Waals surface area contributed by atoms with Gasteiger partial charge in [-0.25, -0.2) is 12.8 Å². The van der Waals surface area contributed by atoms with Crippen molar-refractivity contribution in [2.24, 2.45) is 5.41 Å². The number of hydrazine groups is 2. The Hall–Kier alpha value is -3.84. The fraction of sp³-hybridized carbons (Fsp3) is 0.407. The van der Waals surface area contributed by atoms with Crippen LogP contribution in [-0.2, 0) is 20.2 Å². The Bertz CT molecular complexity index is 1440. The van der Waals surface area contributed by atoms with E-state index in [0.29, 0.717) is 6.54 Å². The van der Waals surface area contributed by atoms with Gasteiger partial charge in [-0.15, -0.1) is 5.53 Å². The second-order valence-corrected chi connectivity index (χ2v) is 13.5. The fourth-order valence-electron chi connectivity index (χ4n) is 3.68. The number of rotatable bonds is 8. The Morgan fingerprint density at radius 2 is 1.68 bits per heavy atom. The van der Waals surface area contributed by atoms with Crippen LogP contribution in [0.4, 0.5) is 21.5 Å². The molecule has 11 nitrogen and oxygen atoms in total. The molecule has 2 aromatic carbocycles. The lowest BCUT2D eigenvalue weighted by Gasteiger charge is -2.24. The maximum atomic E-state index is 14.8. The number of carbonyl (C=O) groups is 2. The predicted octanol–water partition coefficient (Wildman–Crippen LogP) is 3.59. The normalized spacial score (nSPS) is 13.8. The van der Waals surface area contributed by atoms with E-state index in [1.165, 1.54) is 30.5 Å². The highest BCUT2D eigenvalue weighted by Crippen LogP contribution is 2.39. The quantitative estimate of drug-likeness (QED) is 0.321. The molecule has 0 unspecified atom stereocenters. The molecule has 3 rings (SSSR count). The van der Waals surface area contributed by atoms with Crippen LogP contribution in [0.1, 0.15) is 57.5 Å². The summed E-state index contributed by atoms with van der Waals surface area (Å²) < 4.78 is 46.7. The Kier molecular flexibility index (Phi) is 8.70. The van der Waals surface area contributed by atoms with Gasteiger partial charge in [-0.05, 0) is 46.7 Å². The largest absolute Gasteiger partial charge is 0.492 e. The lowest BCUT2D eigenvalue weighted by molar-refractivity contribution is -0.118. The lowest BCUT2D eigenvalue weighted by atomic mass is 9.86. The van der Waals surface area contributed by atoms with E-state index in [9.17, 15) is 22.4 Å². The van der Waals surface area contributed by atoms with Crippen LogP contribution in [0, 0.1) is 11.2 Å². The highest BCUT2D eigenvalue weighted by atomic mass is 32.2. The van der Waals surface area contributed by atoms with Gasteiger partial charge in [-0.2, -0.15) is 0 Å². The zero-order valence-electron chi connectivity index (χ0n) is 23.9. The number of carbonyl (C=O) groups excluding carboxylic acids is 2. The fourth-order valence-corrected chi connectivity index (χ4v) is 4.23. The standard InChI is InChI=1S/C27H37FN6O5S/c1-26(2,3)15-29-25(36)21-14-34(33-31-21)22-11-16(9-10-18(22)28)24(35)30-19-12-17(27(4,5)6)13-20(23(19)39-7)32-40(8,37)38/h9-14,31-33H,15H2,1-8H3,(H,29,36)(H,30,35). The van der Waals surface area contributed by atoms with E-state index in [0.717, 1.165) is 17.9 Å². The number of hydrogen-bond donors (Lipinski definition) is 5. The van der Waals surface area contributed by atoms with Gasteiger partial charge in [0.15, 0.2) is 5.75 Å². The van der Waals surface area contributed by atoms with Crippen molar-refractivity contribution in [1.29, 1.82) is 0 Å². The van der Waals surface area contributed by atoms with Gasteiger partial charge in [-0.1, -0.05) is 41.5 Å². The van der Waals surface area contributed by atoms with Crippen molar-refractivity contribution in [3.05, 3.63) is 59.2 Å². The smallest absolute Gasteiger partial charge is 0.270 e. The molecule has 13 heteroatoms. The molecule has 0 bridgehead atoms. The van der Waals surface area contributed by atoms with E-state index in [-0.39, 0.29) is 50.8 Å². The van der Waals surface area contributed by atoms with E-state index in [4.69, 9.17) is 4.74 Å². The number of halogens is 1. The molecule has 1 aliphatic heterocycles. The number of amides is 2. The first-order valence-corrected chi connectivity index (χ1v) is 14.4. The van der Waals surface area contributed by atoms with Crippen molar-refractivity contribution in [3.8, 4) is 5.75 Å². The zero-order chi connectivity index (χ0) is 30.0. The average molecular weight is 577 g/mol. The van der Waals surface area contributed by atoms with Gasteiger partial charge in [0.05, 0.1) is 36.6 Å². The first-order chi connectivity index (χ1) is 18.4. The van der Waals surface area contributed by atoms with Crippen molar-refractivity contribution in [2.75, 3.05) is 35.0 Å². The van der Waals surface area contributed by atoms with Gasteiger partial charge in [0.1, 0.15) is 11.5 Å². The number of benzene rings is 2. The van der Waals surface area contributed by atoms with Crippen LogP contribution in [0.5, 0.6) is 5.75 Å². The number of ether oxygens (including phenoxy) is 1. The van der Waals surface area contributed by atoms with Crippen LogP contribution < -0.4 is 36.1 Å². The number of methoxy groups -OCH3 is 1. The molecular formula is C27H37FN6O5S. The van der Waals surface area contributed by atoms with Crippen LogP contribution in [0.25, 0.3) is 0 Å². The number of hydrogen-bond acceptors (Lipinski definition) is 8. The third-order valence-corrected chi connectivity index (χ3v) is 6.35. The van der Waals surface area contributed by atoms with Crippen LogP contribution in [-0.4, -0.2) is 40.1 Å². The minimum atomic E-state index is -3.65. The Morgan fingerprint density at radius 3 is 2.25 bits per heavy atom. The highest BCUT2D eigenvalue weighted by Gasteiger charge is 2.25. The molecule has 40 heavy (non-hydrogen) atoms. The molecule has 2 aromatic rings. The Morgan fingerprint density at radius 1 is 1.02 bits per heavy atom. The first-order valence-electron chi connectivity index (χ1n) is 12.5. The van der Waals surface area contributed by atoms with E-state index >= 15 is 0 Å². The van der Waals surface area contributed by atoms with Gasteiger partial charge in [0.2, 0.25) is 10.0 Å². The van der Waals surface area contributed by atoms with Gasteiger partial charge < -0.3 is 15.4 Å². The summed E-state index contributed by atoms with van der Waals surface area (Å²) >= 11 is 0. The summed E-state index contributed by atoms with van der Waals surface area (Å²) in [6.07, 6.45) is 2.40. The van der Waals surface area contributed by atoms with Crippen LogP contribution in [0.15, 0.2) is 42.2 Å². The number of anilines is 3. The lowest BCUT2D eigenvalue weighted by Crippen LogP contribution is -2.40. The van der Waals surface area contributed by atoms with E-state index < -0.39 is 21.7 Å². The molecule has 0 aliphatic carbocycles. The van der Waals surface area contributed by atoms with Crippen molar-refractivity contribution in [1.82, 2.24) is 16.3 Å². The van der Waals surface area contributed by atoms with Crippen molar-refractivity contribution < 1.29 is 27.1 Å². The molecule has 0 saturated carbocycles. The molecule has 0 aromatic heterocycles. The summed E-state index contributed by atoms with van der Waals surface area (Å²) in [7, 11) is -2.29. The second kappa shape index (κ2) is 11.3. The van der Waals surface area contributed by atoms with E-state index in [1.807, 2.05) is 41.5 Å². The molecule has 1 aliphatic rings. The predicted molar refractivity (Wildman–Crippen MR) is 154 cm³/mol. The summed E-state index contributed by atoms with van der Waals surface area (Å²) in [4.78, 5) is 25.8. The molecule has 0 atom stereocenters.